The van der Waals surface area contributed by atoms with Crippen molar-refractivity contribution in [1.29, 1.82) is 0 Å². The zero-order chi connectivity index (χ0) is 21.6. The summed E-state index contributed by atoms with van der Waals surface area (Å²) in [6, 6.07) is 14.5. The maximum atomic E-state index is 13.7. The van der Waals surface area contributed by atoms with Crippen LogP contribution in [-0.2, 0) is 9.53 Å². The number of aliphatic carboxylic acids is 1. The molecule has 2 fully saturated rings. The molecule has 1 saturated carbocycles. The first-order valence-electron chi connectivity index (χ1n) is 10.8. The maximum absolute atomic E-state index is 13.7. The fourth-order valence-electron chi connectivity index (χ4n) is 5.38. The van der Waals surface area contributed by atoms with Crippen molar-refractivity contribution < 1.29 is 23.4 Å². The monoisotopic (exact) mass is 425 g/mol. The third-order valence-corrected chi connectivity index (χ3v) is 7.04. The minimum Gasteiger partial charge on any atom is -0.481 e. The summed E-state index contributed by atoms with van der Waals surface area (Å²) in [6.07, 6.45) is 2.33. The van der Waals surface area contributed by atoms with Gasteiger partial charge in [0.15, 0.2) is 0 Å². The fourth-order valence-corrected chi connectivity index (χ4v) is 5.38. The van der Waals surface area contributed by atoms with Crippen LogP contribution in [0.4, 0.5) is 8.78 Å². The predicted molar refractivity (Wildman–Crippen MR) is 114 cm³/mol. The highest BCUT2D eigenvalue weighted by Gasteiger charge is 2.52. The molecule has 2 aromatic carbocycles. The number of carbonyl (C=O) groups is 1. The van der Waals surface area contributed by atoms with Crippen LogP contribution in [0.3, 0.4) is 0 Å². The number of carboxylic acids is 1. The van der Waals surface area contributed by atoms with Crippen LogP contribution in [0, 0.1) is 11.2 Å². The number of hydrogen-bond acceptors (Lipinski definition) is 2. The van der Waals surface area contributed by atoms with Crippen LogP contribution < -0.4 is 0 Å². The Morgan fingerprint density at radius 3 is 2.39 bits per heavy atom. The van der Waals surface area contributed by atoms with Crippen molar-refractivity contribution in [3.05, 3.63) is 65.6 Å². The van der Waals surface area contributed by atoms with Crippen molar-refractivity contribution in [2.45, 2.75) is 37.5 Å². The first kappa shape index (κ1) is 20.2. The van der Waals surface area contributed by atoms with Gasteiger partial charge in [-0.05, 0) is 67.5 Å². The molecule has 4 nitrogen and oxygen atoms in total. The Morgan fingerprint density at radius 2 is 1.74 bits per heavy atom. The molecule has 0 spiro atoms. The van der Waals surface area contributed by atoms with Gasteiger partial charge in [0.1, 0.15) is 12.5 Å². The van der Waals surface area contributed by atoms with Gasteiger partial charge < -0.3 is 14.4 Å². The number of benzene rings is 2. The number of halogens is 2. The van der Waals surface area contributed by atoms with E-state index in [0.29, 0.717) is 26.1 Å². The lowest BCUT2D eigenvalue weighted by molar-refractivity contribution is -0.157. The van der Waals surface area contributed by atoms with E-state index in [1.807, 2.05) is 18.2 Å². The second-order valence-corrected chi connectivity index (χ2v) is 8.84. The van der Waals surface area contributed by atoms with E-state index in [1.54, 1.807) is 12.1 Å². The first-order valence-corrected chi connectivity index (χ1v) is 10.8. The molecule has 6 heteroatoms. The molecule has 31 heavy (non-hydrogen) atoms. The van der Waals surface area contributed by atoms with E-state index in [9.17, 15) is 18.7 Å². The molecule has 1 aliphatic heterocycles. The molecule has 1 aromatic heterocycles. The Bertz CT molecular complexity index is 1110. The number of hydrogen-bond donors (Lipinski definition) is 1. The van der Waals surface area contributed by atoms with Gasteiger partial charge in [0.2, 0.25) is 0 Å². The Morgan fingerprint density at radius 1 is 1.06 bits per heavy atom. The number of aromatic nitrogens is 1. The molecule has 2 heterocycles. The second-order valence-electron chi connectivity index (χ2n) is 8.84. The molecular weight excluding hydrogens is 400 g/mol. The average Bonchev–Trinajstić information content (AvgIpc) is 3.09. The third kappa shape index (κ3) is 3.24. The smallest absolute Gasteiger partial charge is 0.312 e. The van der Waals surface area contributed by atoms with Gasteiger partial charge in [0.05, 0.1) is 10.9 Å². The van der Waals surface area contributed by atoms with Gasteiger partial charge in [-0.2, -0.15) is 0 Å². The number of rotatable bonds is 5. The molecule has 1 N–H and O–H groups in total. The standard InChI is InChI=1S/C25H25F2NO3/c26-15-25(24(29)30)13-17(14-25)22-20-3-1-2-4-21(20)28(19-7-5-18(27)6-8-19)23(22)16-9-11-31-12-10-16/h1-8,16-17H,9-15H2,(H,29,30). The Hall–Kier alpha value is -2.73. The lowest BCUT2D eigenvalue weighted by Crippen LogP contribution is -2.44. The van der Waals surface area contributed by atoms with Gasteiger partial charge in [-0.15, -0.1) is 0 Å². The number of nitrogens with zero attached hydrogens (tertiary/aromatic N) is 1. The van der Waals surface area contributed by atoms with Gasteiger partial charge in [-0.3, -0.25) is 4.79 Å². The third-order valence-electron chi connectivity index (χ3n) is 7.04. The number of para-hydroxylation sites is 1. The van der Waals surface area contributed by atoms with Crippen molar-refractivity contribution >= 4 is 16.9 Å². The van der Waals surface area contributed by atoms with E-state index in [0.717, 1.165) is 40.7 Å². The highest BCUT2D eigenvalue weighted by atomic mass is 19.1. The summed E-state index contributed by atoms with van der Waals surface area (Å²) >= 11 is 0. The highest BCUT2D eigenvalue weighted by molar-refractivity contribution is 5.89. The largest absolute Gasteiger partial charge is 0.481 e. The molecule has 3 aromatic rings. The van der Waals surface area contributed by atoms with Gasteiger partial charge in [-0.25, -0.2) is 8.78 Å². The summed E-state index contributed by atoms with van der Waals surface area (Å²) in [5, 5.41) is 10.7. The minimum atomic E-state index is -1.28. The summed E-state index contributed by atoms with van der Waals surface area (Å²) in [5.41, 5.74) is 2.87. The van der Waals surface area contributed by atoms with E-state index in [-0.39, 0.29) is 17.7 Å². The van der Waals surface area contributed by atoms with Crippen LogP contribution in [0.1, 0.15) is 48.8 Å². The van der Waals surface area contributed by atoms with Crippen molar-refractivity contribution in [2.24, 2.45) is 5.41 Å². The molecule has 2 aliphatic rings. The van der Waals surface area contributed by atoms with Crippen molar-refractivity contribution in [3.63, 3.8) is 0 Å². The van der Waals surface area contributed by atoms with E-state index in [1.165, 1.54) is 12.1 Å². The van der Waals surface area contributed by atoms with Crippen molar-refractivity contribution in [3.8, 4) is 5.69 Å². The molecule has 0 amide bonds. The van der Waals surface area contributed by atoms with E-state index in [2.05, 4.69) is 10.6 Å². The Balaban J connectivity index is 1.71. The minimum absolute atomic E-state index is 0.0173. The lowest BCUT2D eigenvalue weighted by atomic mass is 9.59. The van der Waals surface area contributed by atoms with Crippen LogP contribution in [0.2, 0.25) is 0 Å². The number of alkyl halides is 1. The molecular formula is C25H25F2NO3. The Kier molecular flexibility index (Phi) is 5.05. The Labute approximate surface area is 179 Å². The average molecular weight is 425 g/mol. The summed E-state index contributed by atoms with van der Waals surface area (Å²) in [4.78, 5) is 11.7. The van der Waals surface area contributed by atoms with Crippen LogP contribution in [0.5, 0.6) is 0 Å². The molecule has 1 saturated heterocycles. The highest BCUT2D eigenvalue weighted by Crippen LogP contribution is 2.55. The van der Waals surface area contributed by atoms with Gasteiger partial charge in [0, 0.05) is 35.9 Å². The van der Waals surface area contributed by atoms with Crippen LogP contribution in [0.25, 0.3) is 16.6 Å². The quantitative estimate of drug-likeness (QED) is 0.580. The topological polar surface area (TPSA) is 51.5 Å². The maximum Gasteiger partial charge on any atom is 0.312 e. The summed E-state index contributed by atoms with van der Waals surface area (Å²) in [5.74, 6) is -1.12. The first-order chi connectivity index (χ1) is 15.0. The van der Waals surface area contributed by atoms with E-state index in [4.69, 9.17) is 4.74 Å². The zero-order valence-electron chi connectivity index (χ0n) is 17.2. The van der Waals surface area contributed by atoms with Crippen molar-refractivity contribution in [1.82, 2.24) is 4.57 Å². The molecule has 0 unspecified atom stereocenters. The number of fused-ring (bicyclic) bond motifs is 1. The van der Waals surface area contributed by atoms with E-state index < -0.39 is 18.1 Å². The SMILES string of the molecule is O=C(O)C1(CF)CC(c2c(C3CCOCC3)n(-c3ccc(F)cc3)c3ccccc23)C1. The van der Waals surface area contributed by atoms with Gasteiger partial charge in [-0.1, -0.05) is 18.2 Å². The molecule has 0 atom stereocenters. The van der Waals surface area contributed by atoms with Crippen LogP contribution in [-0.4, -0.2) is 35.5 Å². The van der Waals surface area contributed by atoms with Crippen LogP contribution >= 0.6 is 0 Å². The number of ether oxygens (including phenoxy) is 1. The predicted octanol–water partition coefficient (Wildman–Crippen LogP) is 5.58. The molecule has 0 bridgehead atoms. The van der Waals surface area contributed by atoms with Gasteiger partial charge >= 0.3 is 5.97 Å². The van der Waals surface area contributed by atoms with Crippen LogP contribution in [0.15, 0.2) is 48.5 Å². The normalized spacial score (nSPS) is 24.3. The molecule has 1 aliphatic carbocycles. The molecule has 0 radical (unpaired) electrons. The molecule has 162 valence electrons. The summed E-state index contributed by atoms with van der Waals surface area (Å²) < 4.78 is 35.1. The summed E-state index contributed by atoms with van der Waals surface area (Å²) in [7, 11) is 0. The van der Waals surface area contributed by atoms with E-state index >= 15 is 0 Å². The second kappa shape index (κ2) is 7.75. The zero-order valence-corrected chi connectivity index (χ0v) is 17.2. The lowest BCUT2D eigenvalue weighted by Gasteiger charge is -2.43. The summed E-state index contributed by atoms with van der Waals surface area (Å²) in [6.45, 7) is 0.495. The van der Waals surface area contributed by atoms with Crippen molar-refractivity contribution in [2.75, 3.05) is 19.9 Å². The number of carboxylic acid groups (broad SMARTS) is 1. The molecule has 5 rings (SSSR count). The fraction of sp³-hybridized carbons (Fsp3) is 0.400. The van der Waals surface area contributed by atoms with Gasteiger partial charge in [0.25, 0.3) is 0 Å².